The van der Waals surface area contributed by atoms with Gasteiger partial charge in [-0.1, -0.05) is 17.9 Å². The molecule has 0 saturated heterocycles. The molecule has 0 radical (unpaired) electrons. The van der Waals surface area contributed by atoms with Gasteiger partial charge >= 0.3 is 0 Å². The van der Waals surface area contributed by atoms with Crippen LogP contribution in [0.3, 0.4) is 0 Å². The first-order valence-electron chi connectivity index (χ1n) is 5.62. The molecule has 0 aliphatic carbocycles. The van der Waals surface area contributed by atoms with Crippen molar-refractivity contribution in [1.82, 2.24) is 0 Å². The molecular weight excluding hydrogens is 216 g/mol. The SMILES string of the molecule is CCOC(C)OCC#Cc1cccc(OC)c1. The lowest BCUT2D eigenvalue weighted by atomic mass is 10.2. The van der Waals surface area contributed by atoms with Gasteiger partial charge in [-0.15, -0.1) is 0 Å². The first-order chi connectivity index (χ1) is 8.26. The Morgan fingerprint density at radius 2 is 2.12 bits per heavy atom. The predicted molar refractivity (Wildman–Crippen MR) is 66.9 cm³/mol. The Morgan fingerprint density at radius 3 is 2.82 bits per heavy atom. The van der Waals surface area contributed by atoms with E-state index in [0.29, 0.717) is 13.2 Å². The number of hydrogen-bond donors (Lipinski definition) is 0. The molecule has 0 aliphatic heterocycles. The van der Waals surface area contributed by atoms with E-state index in [1.807, 2.05) is 38.1 Å². The van der Waals surface area contributed by atoms with Crippen LogP contribution in [0.1, 0.15) is 19.4 Å². The topological polar surface area (TPSA) is 27.7 Å². The minimum absolute atomic E-state index is 0.209. The summed E-state index contributed by atoms with van der Waals surface area (Å²) in [5.74, 6) is 6.75. The standard InChI is InChI=1S/C14H18O3/c1-4-16-12(2)17-10-6-8-13-7-5-9-14(11-13)15-3/h5,7,9,11-12H,4,10H2,1-3H3. The van der Waals surface area contributed by atoms with Crippen molar-refractivity contribution in [3.8, 4) is 17.6 Å². The van der Waals surface area contributed by atoms with Crippen LogP contribution in [-0.4, -0.2) is 26.6 Å². The lowest BCUT2D eigenvalue weighted by Gasteiger charge is -2.09. The summed E-state index contributed by atoms with van der Waals surface area (Å²) in [4.78, 5) is 0. The monoisotopic (exact) mass is 234 g/mol. The Balaban J connectivity index is 2.43. The van der Waals surface area contributed by atoms with Crippen molar-refractivity contribution in [2.24, 2.45) is 0 Å². The second-order valence-electron chi connectivity index (χ2n) is 3.37. The zero-order valence-corrected chi connectivity index (χ0v) is 10.5. The van der Waals surface area contributed by atoms with Gasteiger partial charge in [0.25, 0.3) is 0 Å². The van der Waals surface area contributed by atoms with Crippen LogP contribution in [0.2, 0.25) is 0 Å². The smallest absolute Gasteiger partial charge is 0.156 e. The van der Waals surface area contributed by atoms with Gasteiger partial charge in [-0.05, 0) is 32.0 Å². The van der Waals surface area contributed by atoms with Gasteiger partial charge in [0.05, 0.1) is 7.11 Å². The molecule has 0 saturated carbocycles. The fourth-order valence-corrected chi connectivity index (χ4v) is 1.28. The van der Waals surface area contributed by atoms with E-state index < -0.39 is 0 Å². The van der Waals surface area contributed by atoms with Gasteiger partial charge in [0, 0.05) is 12.2 Å². The third-order valence-corrected chi connectivity index (χ3v) is 2.09. The van der Waals surface area contributed by atoms with Crippen LogP contribution in [0, 0.1) is 11.8 Å². The number of methoxy groups -OCH3 is 1. The highest BCUT2D eigenvalue weighted by atomic mass is 16.7. The molecule has 0 fully saturated rings. The van der Waals surface area contributed by atoms with Gasteiger partial charge in [0.15, 0.2) is 6.29 Å². The van der Waals surface area contributed by atoms with Gasteiger partial charge in [-0.3, -0.25) is 0 Å². The maximum Gasteiger partial charge on any atom is 0.156 e. The van der Waals surface area contributed by atoms with Crippen LogP contribution in [0.5, 0.6) is 5.75 Å². The van der Waals surface area contributed by atoms with E-state index in [0.717, 1.165) is 11.3 Å². The molecule has 92 valence electrons. The van der Waals surface area contributed by atoms with Crippen molar-refractivity contribution in [3.05, 3.63) is 29.8 Å². The second kappa shape index (κ2) is 7.72. The largest absolute Gasteiger partial charge is 0.497 e. The van der Waals surface area contributed by atoms with Gasteiger partial charge in [-0.25, -0.2) is 0 Å². The molecule has 0 bridgehead atoms. The lowest BCUT2D eigenvalue weighted by Crippen LogP contribution is -2.12. The normalized spacial score (nSPS) is 11.5. The van der Waals surface area contributed by atoms with E-state index in [1.165, 1.54) is 0 Å². The zero-order valence-electron chi connectivity index (χ0n) is 10.5. The van der Waals surface area contributed by atoms with Crippen molar-refractivity contribution in [3.63, 3.8) is 0 Å². The second-order valence-corrected chi connectivity index (χ2v) is 3.37. The molecule has 1 aromatic carbocycles. The zero-order chi connectivity index (χ0) is 12.5. The molecule has 1 aromatic rings. The molecule has 1 rings (SSSR count). The summed E-state index contributed by atoms with van der Waals surface area (Å²) in [5, 5.41) is 0. The third-order valence-electron chi connectivity index (χ3n) is 2.09. The van der Waals surface area contributed by atoms with E-state index in [-0.39, 0.29) is 6.29 Å². The summed E-state index contributed by atoms with van der Waals surface area (Å²) in [7, 11) is 1.64. The van der Waals surface area contributed by atoms with Gasteiger partial charge < -0.3 is 14.2 Å². The highest BCUT2D eigenvalue weighted by molar-refractivity contribution is 5.39. The van der Waals surface area contributed by atoms with Gasteiger partial charge in [0.2, 0.25) is 0 Å². The minimum atomic E-state index is -0.209. The van der Waals surface area contributed by atoms with Crippen molar-refractivity contribution >= 4 is 0 Å². The average molecular weight is 234 g/mol. The molecule has 3 nitrogen and oxygen atoms in total. The summed E-state index contributed by atoms with van der Waals surface area (Å²) >= 11 is 0. The predicted octanol–water partition coefficient (Wildman–Crippen LogP) is 2.45. The average Bonchev–Trinajstić information content (AvgIpc) is 2.35. The van der Waals surface area contributed by atoms with Gasteiger partial charge in [0.1, 0.15) is 12.4 Å². The van der Waals surface area contributed by atoms with E-state index in [2.05, 4.69) is 11.8 Å². The quantitative estimate of drug-likeness (QED) is 0.578. The highest BCUT2D eigenvalue weighted by Crippen LogP contribution is 2.11. The maximum atomic E-state index is 5.33. The number of rotatable bonds is 5. The highest BCUT2D eigenvalue weighted by Gasteiger charge is 1.97. The van der Waals surface area contributed by atoms with E-state index in [4.69, 9.17) is 14.2 Å². The molecule has 1 atom stereocenters. The fraction of sp³-hybridized carbons (Fsp3) is 0.429. The molecule has 1 unspecified atom stereocenters. The summed E-state index contributed by atoms with van der Waals surface area (Å²) in [6.45, 7) is 4.79. The molecule has 17 heavy (non-hydrogen) atoms. The molecule has 0 aromatic heterocycles. The molecular formula is C14H18O3. The molecule has 3 heteroatoms. The van der Waals surface area contributed by atoms with Crippen LogP contribution >= 0.6 is 0 Å². The van der Waals surface area contributed by atoms with Crippen LogP contribution < -0.4 is 4.74 Å². The number of hydrogen-bond acceptors (Lipinski definition) is 3. The van der Waals surface area contributed by atoms with E-state index >= 15 is 0 Å². The molecule has 0 N–H and O–H groups in total. The van der Waals surface area contributed by atoms with Crippen molar-refractivity contribution in [2.75, 3.05) is 20.3 Å². The van der Waals surface area contributed by atoms with E-state index in [1.54, 1.807) is 7.11 Å². The Labute approximate surface area is 103 Å². The van der Waals surface area contributed by atoms with Crippen molar-refractivity contribution in [1.29, 1.82) is 0 Å². The fourth-order valence-electron chi connectivity index (χ4n) is 1.28. The van der Waals surface area contributed by atoms with Crippen LogP contribution in [0.4, 0.5) is 0 Å². The van der Waals surface area contributed by atoms with Crippen molar-refractivity contribution in [2.45, 2.75) is 20.1 Å². The van der Waals surface area contributed by atoms with Crippen molar-refractivity contribution < 1.29 is 14.2 Å². The molecule has 0 aliphatic rings. The summed E-state index contributed by atoms with van der Waals surface area (Å²) in [6, 6.07) is 7.62. The summed E-state index contributed by atoms with van der Waals surface area (Å²) in [5.41, 5.74) is 0.914. The Hall–Kier alpha value is -1.50. The van der Waals surface area contributed by atoms with Crippen LogP contribution in [0.15, 0.2) is 24.3 Å². The number of ether oxygens (including phenoxy) is 3. The Bertz CT molecular complexity index is 390. The molecule has 0 amide bonds. The molecule has 0 spiro atoms. The Kier molecular flexibility index (Phi) is 6.16. The summed E-state index contributed by atoms with van der Waals surface area (Å²) in [6.07, 6.45) is -0.209. The minimum Gasteiger partial charge on any atom is -0.497 e. The maximum absolute atomic E-state index is 5.33. The first-order valence-corrected chi connectivity index (χ1v) is 5.62. The summed E-state index contributed by atoms with van der Waals surface area (Å²) < 4.78 is 15.7. The molecule has 0 heterocycles. The van der Waals surface area contributed by atoms with Crippen LogP contribution in [0.25, 0.3) is 0 Å². The Morgan fingerprint density at radius 1 is 1.29 bits per heavy atom. The lowest BCUT2D eigenvalue weighted by molar-refractivity contribution is -0.117. The van der Waals surface area contributed by atoms with E-state index in [9.17, 15) is 0 Å². The van der Waals surface area contributed by atoms with Crippen LogP contribution in [-0.2, 0) is 9.47 Å². The first kappa shape index (κ1) is 13.6. The van der Waals surface area contributed by atoms with Gasteiger partial charge in [-0.2, -0.15) is 0 Å². The third kappa shape index (κ3) is 5.39. The number of benzene rings is 1.